The van der Waals surface area contributed by atoms with Crippen LogP contribution in [0.15, 0.2) is 60.8 Å². The SMILES string of the molecule is CC(=O)N(CCCNC(=O)[C@H](C)NC(=O)[C@@H](NC(=O)CCCC(=O)ON1C(=O)CCC1=O)C(C)C)[C@@H](c1cc(-c2cc(F)ccc2F)cn1Cc1ccccc1)C(C)(C)C. The Kier molecular flexibility index (Phi) is 16.2. The van der Waals surface area contributed by atoms with E-state index in [1.807, 2.05) is 55.7 Å². The second kappa shape index (κ2) is 20.9. The highest BCUT2D eigenvalue weighted by Gasteiger charge is 2.37. The molecule has 3 N–H and O–H groups in total. The minimum atomic E-state index is -0.989. The molecule has 324 valence electrons. The van der Waals surface area contributed by atoms with Crippen molar-refractivity contribution in [2.24, 2.45) is 11.3 Å². The van der Waals surface area contributed by atoms with Gasteiger partial charge in [0.1, 0.15) is 23.7 Å². The molecule has 14 nitrogen and oxygen atoms in total. The van der Waals surface area contributed by atoms with E-state index in [9.17, 15) is 38.0 Å². The van der Waals surface area contributed by atoms with E-state index in [0.29, 0.717) is 23.6 Å². The van der Waals surface area contributed by atoms with Crippen LogP contribution in [0.3, 0.4) is 0 Å². The zero-order valence-corrected chi connectivity index (χ0v) is 35.3. The standard InChI is InChI=1S/C44H56F2N6O8/c1-27(2)40(49-36(54)15-11-16-39(57)60-52-37(55)19-20-38(52)56)43(59)48-28(3)42(58)47-21-12-22-51(29(4)53)41(44(5,6)7)35-23-31(33-24-32(45)17-18-34(33)46)26-50(35)25-30-13-9-8-10-14-30/h8-10,13-14,17-18,23-24,26-28,40-41H,11-12,15-16,19-22,25H2,1-7H3,(H,47,58)(H,48,59)(H,49,54)/t28-,40-,41-/m0/s1. The summed E-state index contributed by atoms with van der Waals surface area (Å²) in [5.74, 6) is -5.36. The lowest BCUT2D eigenvalue weighted by atomic mass is 9.83. The number of rotatable bonds is 19. The van der Waals surface area contributed by atoms with Gasteiger partial charge in [0.2, 0.25) is 23.6 Å². The lowest BCUT2D eigenvalue weighted by Crippen LogP contribution is -2.54. The van der Waals surface area contributed by atoms with Gasteiger partial charge in [-0.05, 0) is 60.9 Å². The van der Waals surface area contributed by atoms with Crippen molar-refractivity contribution >= 4 is 41.4 Å². The van der Waals surface area contributed by atoms with Crippen molar-refractivity contribution < 1.29 is 47.2 Å². The number of aromatic nitrogens is 1. The minimum Gasteiger partial charge on any atom is -0.354 e. The Morgan fingerprint density at radius 1 is 0.867 bits per heavy atom. The Morgan fingerprint density at radius 2 is 1.53 bits per heavy atom. The number of hydroxylamine groups is 2. The molecule has 0 bridgehead atoms. The van der Waals surface area contributed by atoms with E-state index in [1.54, 1.807) is 31.0 Å². The summed E-state index contributed by atoms with van der Waals surface area (Å²) in [4.78, 5) is 94.3. The first-order valence-corrected chi connectivity index (χ1v) is 20.2. The molecule has 4 rings (SSSR count). The zero-order chi connectivity index (χ0) is 44.3. The Hall–Kier alpha value is -5.93. The van der Waals surface area contributed by atoms with Gasteiger partial charge in [-0.15, -0.1) is 5.06 Å². The number of carbonyl (C=O) groups is 7. The zero-order valence-electron chi connectivity index (χ0n) is 35.3. The molecule has 2 heterocycles. The van der Waals surface area contributed by atoms with E-state index in [1.165, 1.54) is 13.8 Å². The number of halogens is 2. The number of amides is 6. The Labute approximate surface area is 349 Å². The third-order valence-electron chi connectivity index (χ3n) is 10.1. The van der Waals surface area contributed by atoms with Crippen molar-refractivity contribution in [1.82, 2.24) is 30.5 Å². The van der Waals surface area contributed by atoms with Crippen molar-refractivity contribution in [2.45, 2.75) is 112 Å². The lowest BCUT2D eigenvalue weighted by molar-refractivity contribution is -0.197. The van der Waals surface area contributed by atoms with Crippen LogP contribution in [0, 0.1) is 23.0 Å². The van der Waals surface area contributed by atoms with Crippen molar-refractivity contribution in [3.8, 4) is 11.1 Å². The summed E-state index contributed by atoms with van der Waals surface area (Å²) >= 11 is 0. The number of carbonyl (C=O) groups excluding carboxylic acids is 7. The van der Waals surface area contributed by atoms with Crippen LogP contribution < -0.4 is 16.0 Å². The normalized spacial score (nSPS) is 14.4. The molecule has 0 aliphatic carbocycles. The third kappa shape index (κ3) is 12.8. The monoisotopic (exact) mass is 834 g/mol. The van der Waals surface area contributed by atoms with Crippen LogP contribution >= 0.6 is 0 Å². The number of hydrogen-bond donors (Lipinski definition) is 3. The fourth-order valence-corrected chi connectivity index (χ4v) is 7.04. The third-order valence-corrected chi connectivity index (χ3v) is 10.1. The van der Waals surface area contributed by atoms with Crippen LogP contribution in [0.2, 0.25) is 0 Å². The number of benzene rings is 2. The molecule has 60 heavy (non-hydrogen) atoms. The van der Waals surface area contributed by atoms with Crippen LogP contribution in [0.5, 0.6) is 0 Å². The molecule has 2 aromatic carbocycles. The fraction of sp³-hybridized carbons (Fsp3) is 0.477. The molecular weight excluding hydrogens is 779 g/mol. The summed E-state index contributed by atoms with van der Waals surface area (Å²) in [5, 5.41) is 8.52. The molecule has 1 fully saturated rings. The number of nitrogens with zero attached hydrogens (tertiary/aromatic N) is 3. The molecule has 1 aliphatic heterocycles. The van der Waals surface area contributed by atoms with Gasteiger partial charge < -0.3 is 30.3 Å². The van der Waals surface area contributed by atoms with Gasteiger partial charge in [0.05, 0.1) is 6.04 Å². The molecule has 0 spiro atoms. The summed E-state index contributed by atoms with van der Waals surface area (Å²) in [5.41, 5.74) is 1.74. The number of hydrogen-bond acceptors (Lipinski definition) is 8. The molecule has 3 atom stereocenters. The predicted molar refractivity (Wildman–Crippen MR) is 218 cm³/mol. The van der Waals surface area contributed by atoms with Gasteiger partial charge in [0.25, 0.3) is 11.8 Å². The van der Waals surface area contributed by atoms with Gasteiger partial charge in [-0.25, -0.2) is 13.6 Å². The van der Waals surface area contributed by atoms with Gasteiger partial charge in [-0.2, -0.15) is 0 Å². The molecule has 6 amide bonds. The second-order valence-corrected chi connectivity index (χ2v) is 16.4. The van der Waals surface area contributed by atoms with Crippen LogP contribution in [-0.2, 0) is 44.9 Å². The number of nitrogens with one attached hydrogen (secondary N) is 3. The van der Waals surface area contributed by atoms with Crippen molar-refractivity contribution in [1.29, 1.82) is 0 Å². The average molecular weight is 835 g/mol. The maximum absolute atomic E-state index is 15.1. The van der Waals surface area contributed by atoms with Gasteiger partial charge in [-0.1, -0.05) is 65.0 Å². The molecule has 1 saturated heterocycles. The largest absolute Gasteiger partial charge is 0.354 e. The lowest BCUT2D eigenvalue weighted by Gasteiger charge is -2.40. The van der Waals surface area contributed by atoms with Crippen molar-refractivity contribution in [3.63, 3.8) is 0 Å². The maximum Gasteiger partial charge on any atom is 0.333 e. The van der Waals surface area contributed by atoms with Crippen LogP contribution in [-0.4, -0.2) is 81.1 Å². The van der Waals surface area contributed by atoms with Crippen LogP contribution in [0.1, 0.15) is 104 Å². The van der Waals surface area contributed by atoms with E-state index in [-0.39, 0.29) is 62.6 Å². The minimum absolute atomic E-state index is 0.0357. The summed E-state index contributed by atoms with van der Waals surface area (Å²) in [6.45, 7) is 13.2. The first kappa shape index (κ1) is 46.8. The molecule has 1 aliphatic rings. The van der Waals surface area contributed by atoms with Gasteiger partial charge >= 0.3 is 5.97 Å². The summed E-state index contributed by atoms with van der Waals surface area (Å²) < 4.78 is 31.3. The molecule has 3 aromatic rings. The molecule has 0 unspecified atom stereocenters. The molecule has 16 heteroatoms. The van der Waals surface area contributed by atoms with Gasteiger partial charge in [-0.3, -0.25) is 28.8 Å². The highest BCUT2D eigenvalue weighted by atomic mass is 19.1. The highest BCUT2D eigenvalue weighted by molar-refractivity contribution is 6.01. The van der Waals surface area contributed by atoms with Gasteiger partial charge in [0, 0.05) is 75.3 Å². The Balaban J connectivity index is 1.36. The molecular formula is C44H56F2N6O8. The van der Waals surface area contributed by atoms with Gasteiger partial charge in [0.15, 0.2) is 0 Å². The fourth-order valence-electron chi connectivity index (χ4n) is 7.04. The Bertz CT molecular complexity index is 2030. The smallest absolute Gasteiger partial charge is 0.333 e. The second-order valence-electron chi connectivity index (χ2n) is 16.4. The van der Waals surface area contributed by atoms with E-state index < -0.39 is 70.7 Å². The number of imide groups is 1. The first-order chi connectivity index (χ1) is 28.3. The van der Waals surface area contributed by atoms with E-state index in [0.717, 1.165) is 29.5 Å². The van der Waals surface area contributed by atoms with Crippen LogP contribution in [0.4, 0.5) is 8.78 Å². The van der Waals surface area contributed by atoms with E-state index >= 15 is 4.39 Å². The van der Waals surface area contributed by atoms with Crippen LogP contribution in [0.25, 0.3) is 11.1 Å². The predicted octanol–water partition coefficient (Wildman–Crippen LogP) is 5.35. The average Bonchev–Trinajstić information content (AvgIpc) is 3.72. The summed E-state index contributed by atoms with van der Waals surface area (Å²) in [7, 11) is 0. The molecule has 0 radical (unpaired) electrons. The van der Waals surface area contributed by atoms with Crippen molar-refractivity contribution in [3.05, 3.63) is 83.7 Å². The topological polar surface area (TPSA) is 176 Å². The molecule has 0 saturated carbocycles. The summed E-state index contributed by atoms with van der Waals surface area (Å²) in [6.07, 6.45) is 1.72. The van der Waals surface area contributed by atoms with Crippen molar-refractivity contribution in [2.75, 3.05) is 13.1 Å². The highest BCUT2D eigenvalue weighted by Crippen LogP contribution is 2.41. The summed E-state index contributed by atoms with van der Waals surface area (Å²) in [6, 6.07) is 12.3. The van der Waals surface area contributed by atoms with E-state index in [2.05, 4.69) is 16.0 Å². The quantitative estimate of drug-likeness (QED) is 0.107. The Morgan fingerprint density at radius 3 is 2.15 bits per heavy atom. The maximum atomic E-state index is 15.1. The van der Waals surface area contributed by atoms with E-state index in [4.69, 9.17) is 4.84 Å². The first-order valence-electron chi connectivity index (χ1n) is 20.2. The molecule has 1 aromatic heterocycles.